The molecule has 0 saturated carbocycles. The number of hydrogen-bond acceptors (Lipinski definition) is 4. The molecule has 2 heterocycles. The Kier molecular flexibility index (Phi) is 2.42. The highest BCUT2D eigenvalue weighted by Crippen LogP contribution is 2.29. The highest BCUT2D eigenvalue weighted by atomic mass is 32.1. The molecule has 0 fully saturated rings. The number of carbonyl (C=O) groups excluding carboxylic acids is 1. The summed E-state index contributed by atoms with van der Waals surface area (Å²) in [7, 11) is 0. The minimum Gasteiger partial charge on any atom is -0.326 e. The van der Waals surface area contributed by atoms with Gasteiger partial charge in [0.25, 0.3) is 0 Å². The Bertz CT molecular complexity index is 591. The molecule has 4 nitrogen and oxygen atoms in total. The van der Waals surface area contributed by atoms with Crippen LogP contribution in [-0.4, -0.2) is 10.9 Å². The average Bonchev–Trinajstić information content (AvgIpc) is 2.92. The van der Waals surface area contributed by atoms with E-state index in [1.807, 2.05) is 23.6 Å². The van der Waals surface area contributed by atoms with Crippen molar-refractivity contribution in [2.75, 3.05) is 5.32 Å². The lowest BCUT2D eigenvalue weighted by atomic mass is 10.1. The van der Waals surface area contributed by atoms with E-state index in [-0.39, 0.29) is 5.91 Å². The van der Waals surface area contributed by atoms with Crippen LogP contribution in [-0.2, 0) is 17.8 Å². The summed E-state index contributed by atoms with van der Waals surface area (Å²) >= 11 is 1.56. The summed E-state index contributed by atoms with van der Waals surface area (Å²) in [5, 5.41) is 5.74. The summed E-state index contributed by atoms with van der Waals surface area (Å²) in [4.78, 5) is 15.7. The average molecular weight is 245 g/mol. The Balaban J connectivity index is 1.99. The van der Waals surface area contributed by atoms with Crippen LogP contribution in [0.4, 0.5) is 5.69 Å². The second-order valence-corrected chi connectivity index (χ2v) is 4.87. The third kappa shape index (κ3) is 1.83. The predicted octanol–water partition coefficient (Wildman–Crippen LogP) is 1.76. The first-order valence-corrected chi connectivity index (χ1v) is 6.22. The molecule has 0 bridgehead atoms. The molecule has 1 aromatic carbocycles. The van der Waals surface area contributed by atoms with Gasteiger partial charge in [0.1, 0.15) is 5.01 Å². The molecule has 0 radical (unpaired) electrons. The second-order valence-electron chi connectivity index (χ2n) is 3.93. The zero-order valence-electron chi connectivity index (χ0n) is 9.06. The molecule has 1 aromatic heterocycles. The summed E-state index contributed by atoms with van der Waals surface area (Å²) < 4.78 is 0. The zero-order chi connectivity index (χ0) is 11.8. The SMILES string of the molecule is NCc1nc(-c2ccc3c(c2)CC(=O)N3)cs1. The number of carbonyl (C=O) groups is 1. The molecule has 1 aliphatic rings. The topological polar surface area (TPSA) is 68.0 Å². The molecular formula is C12H11N3OS. The van der Waals surface area contributed by atoms with Gasteiger partial charge in [-0.05, 0) is 17.7 Å². The number of amides is 1. The van der Waals surface area contributed by atoms with E-state index >= 15 is 0 Å². The summed E-state index contributed by atoms with van der Waals surface area (Å²) in [6.07, 6.45) is 0.455. The van der Waals surface area contributed by atoms with Crippen molar-refractivity contribution >= 4 is 22.9 Å². The van der Waals surface area contributed by atoms with Crippen LogP contribution in [0.2, 0.25) is 0 Å². The van der Waals surface area contributed by atoms with Crippen LogP contribution in [0.5, 0.6) is 0 Å². The number of fused-ring (bicyclic) bond motifs is 1. The van der Waals surface area contributed by atoms with Gasteiger partial charge in [-0.1, -0.05) is 6.07 Å². The van der Waals surface area contributed by atoms with Gasteiger partial charge in [-0.3, -0.25) is 4.79 Å². The number of rotatable bonds is 2. The molecule has 3 N–H and O–H groups in total. The van der Waals surface area contributed by atoms with Crippen LogP contribution in [0.15, 0.2) is 23.6 Å². The van der Waals surface area contributed by atoms with Crippen molar-refractivity contribution in [1.29, 1.82) is 0 Å². The normalized spacial score (nSPS) is 13.6. The third-order valence-electron chi connectivity index (χ3n) is 2.75. The molecule has 3 rings (SSSR count). The lowest BCUT2D eigenvalue weighted by Gasteiger charge is -2.01. The van der Waals surface area contributed by atoms with Crippen LogP contribution in [0.25, 0.3) is 11.3 Å². The molecule has 1 amide bonds. The Morgan fingerprint density at radius 2 is 2.35 bits per heavy atom. The van der Waals surface area contributed by atoms with Crippen molar-refractivity contribution in [2.24, 2.45) is 5.73 Å². The molecule has 5 heteroatoms. The molecule has 86 valence electrons. The molecule has 2 aromatic rings. The first-order valence-electron chi connectivity index (χ1n) is 5.34. The second kappa shape index (κ2) is 3.94. The number of anilines is 1. The van der Waals surface area contributed by atoms with Crippen molar-refractivity contribution in [3.63, 3.8) is 0 Å². The van der Waals surface area contributed by atoms with Gasteiger partial charge in [0.2, 0.25) is 5.91 Å². The predicted molar refractivity (Wildman–Crippen MR) is 67.8 cm³/mol. The lowest BCUT2D eigenvalue weighted by Crippen LogP contribution is -2.03. The van der Waals surface area contributed by atoms with Crippen LogP contribution in [0.3, 0.4) is 0 Å². The first-order chi connectivity index (χ1) is 8.26. The fourth-order valence-electron chi connectivity index (χ4n) is 1.93. The van der Waals surface area contributed by atoms with E-state index in [1.54, 1.807) is 11.3 Å². The van der Waals surface area contributed by atoms with Gasteiger partial charge in [0.15, 0.2) is 0 Å². The highest BCUT2D eigenvalue weighted by molar-refractivity contribution is 7.09. The van der Waals surface area contributed by atoms with Crippen LogP contribution >= 0.6 is 11.3 Å². The van der Waals surface area contributed by atoms with Gasteiger partial charge < -0.3 is 11.1 Å². The van der Waals surface area contributed by atoms with Gasteiger partial charge in [0, 0.05) is 23.2 Å². The minimum absolute atomic E-state index is 0.0538. The van der Waals surface area contributed by atoms with E-state index in [1.165, 1.54) is 0 Å². The lowest BCUT2D eigenvalue weighted by molar-refractivity contribution is -0.115. The number of benzene rings is 1. The van der Waals surface area contributed by atoms with Crippen LogP contribution in [0, 0.1) is 0 Å². The summed E-state index contributed by atoms with van der Waals surface area (Å²) in [5.74, 6) is 0.0538. The van der Waals surface area contributed by atoms with Crippen molar-refractivity contribution in [1.82, 2.24) is 4.98 Å². The largest absolute Gasteiger partial charge is 0.326 e. The fraction of sp³-hybridized carbons (Fsp3) is 0.167. The molecule has 0 saturated heterocycles. The molecule has 0 aliphatic carbocycles. The minimum atomic E-state index is 0.0538. The van der Waals surface area contributed by atoms with E-state index in [9.17, 15) is 4.79 Å². The number of nitrogens with two attached hydrogens (primary N) is 1. The first kappa shape index (κ1) is 10.4. The maximum atomic E-state index is 11.3. The zero-order valence-corrected chi connectivity index (χ0v) is 9.88. The van der Waals surface area contributed by atoms with Gasteiger partial charge in [-0.25, -0.2) is 4.98 Å². The van der Waals surface area contributed by atoms with Crippen molar-refractivity contribution in [2.45, 2.75) is 13.0 Å². The van der Waals surface area contributed by atoms with Gasteiger partial charge >= 0.3 is 0 Å². The quantitative estimate of drug-likeness (QED) is 0.847. The van der Waals surface area contributed by atoms with Crippen molar-refractivity contribution in [3.05, 3.63) is 34.2 Å². The fourth-order valence-corrected chi connectivity index (χ4v) is 2.61. The van der Waals surface area contributed by atoms with Gasteiger partial charge in [-0.2, -0.15) is 0 Å². The number of aromatic nitrogens is 1. The smallest absolute Gasteiger partial charge is 0.228 e. The summed E-state index contributed by atoms with van der Waals surface area (Å²) in [6, 6.07) is 5.92. The number of nitrogens with one attached hydrogen (secondary N) is 1. The highest BCUT2D eigenvalue weighted by Gasteiger charge is 2.18. The van der Waals surface area contributed by atoms with E-state index in [0.29, 0.717) is 13.0 Å². The molecule has 0 spiro atoms. The molecule has 0 atom stereocenters. The maximum absolute atomic E-state index is 11.3. The van der Waals surface area contributed by atoms with Gasteiger partial charge in [-0.15, -0.1) is 11.3 Å². The van der Waals surface area contributed by atoms with E-state index < -0.39 is 0 Å². The standard InChI is InChI=1S/C12H11N3OS/c13-5-12-15-10(6-17-12)7-1-2-9-8(3-7)4-11(16)14-9/h1-3,6H,4-5,13H2,(H,14,16). The number of thiazole rings is 1. The molecule has 17 heavy (non-hydrogen) atoms. The van der Waals surface area contributed by atoms with Crippen molar-refractivity contribution < 1.29 is 4.79 Å². The Labute approximate surface area is 102 Å². The maximum Gasteiger partial charge on any atom is 0.228 e. The van der Waals surface area contributed by atoms with Gasteiger partial charge in [0.05, 0.1) is 12.1 Å². The summed E-state index contributed by atoms with van der Waals surface area (Å²) in [6.45, 7) is 0.468. The van der Waals surface area contributed by atoms with Crippen LogP contribution < -0.4 is 11.1 Å². The Morgan fingerprint density at radius 1 is 1.47 bits per heavy atom. The van der Waals surface area contributed by atoms with E-state index in [0.717, 1.165) is 27.5 Å². The van der Waals surface area contributed by atoms with Crippen LogP contribution in [0.1, 0.15) is 10.6 Å². The van der Waals surface area contributed by atoms with E-state index in [2.05, 4.69) is 10.3 Å². The Hall–Kier alpha value is -1.72. The monoisotopic (exact) mass is 245 g/mol. The number of nitrogens with zero attached hydrogens (tertiary/aromatic N) is 1. The molecular weight excluding hydrogens is 234 g/mol. The number of hydrogen-bond donors (Lipinski definition) is 2. The molecule has 0 unspecified atom stereocenters. The van der Waals surface area contributed by atoms with E-state index in [4.69, 9.17) is 5.73 Å². The third-order valence-corrected chi connectivity index (χ3v) is 3.62. The molecule has 1 aliphatic heterocycles. The Morgan fingerprint density at radius 3 is 3.12 bits per heavy atom. The van der Waals surface area contributed by atoms with Crippen molar-refractivity contribution in [3.8, 4) is 11.3 Å². The summed E-state index contributed by atoms with van der Waals surface area (Å²) in [5.41, 5.74) is 9.46.